The van der Waals surface area contributed by atoms with E-state index in [1.54, 1.807) is 4.57 Å². The lowest BCUT2D eigenvalue weighted by atomic mass is 10.1. The minimum absolute atomic E-state index is 0.0851. The van der Waals surface area contributed by atoms with Crippen LogP contribution in [0.5, 0.6) is 0 Å². The quantitative estimate of drug-likeness (QED) is 0.394. The van der Waals surface area contributed by atoms with E-state index in [-0.39, 0.29) is 18.9 Å². The van der Waals surface area contributed by atoms with Gasteiger partial charge in [-0.25, -0.2) is 9.59 Å². The van der Waals surface area contributed by atoms with Gasteiger partial charge >= 0.3 is 12.1 Å². The van der Waals surface area contributed by atoms with Gasteiger partial charge in [-0.1, -0.05) is 48.5 Å². The Hall–Kier alpha value is -2.88. The first-order valence-corrected chi connectivity index (χ1v) is 10.3. The van der Waals surface area contributed by atoms with Gasteiger partial charge in [0.2, 0.25) is 5.91 Å². The van der Waals surface area contributed by atoms with Crippen LogP contribution in [-0.4, -0.2) is 35.7 Å². The number of carbonyl (C=O) groups excluding carboxylic acids is 3. The normalized spacial score (nSPS) is 11.7. The minimum Gasteiger partial charge on any atom is -0.467 e. The maximum absolute atomic E-state index is 12.3. The van der Waals surface area contributed by atoms with Gasteiger partial charge in [-0.05, 0) is 39.8 Å². The smallest absolute Gasteiger partial charge is 0.408 e. The third kappa shape index (κ3) is 4.81. The summed E-state index contributed by atoms with van der Waals surface area (Å²) in [6.07, 6.45) is -0.564. The van der Waals surface area contributed by atoms with Crippen LogP contribution in [0.15, 0.2) is 54.6 Å². The monoisotopic (exact) mass is 520 g/mol. The molecule has 7 nitrogen and oxygen atoms in total. The lowest BCUT2D eigenvalue weighted by molar-refractivity contribution is -0.143. The van der Waals surface area contributed by atoms with Gasteiger partial charge in [-0.3, -0.25) is 9.36 Å². The van der Waals surface area contributed by atoms with Crippen LogP contribution in [0.4, 0.5) is 4.79 Å². The number of aromatic nitrogens is 1. The fourth-order valence-electron chi connectivity index (χ4n) is 3.22. The van der Waals surface area contributed by atoms with E-state index < -0.39 is 18.1 Å². The first kappa shape index (κ1) is 21.8. The number of halogens is 1. The summed E-state index contributed by atoms with van der Waals surface area (Å²) in [7, 11) is 1.26. The standard InChI is InChI=1S/C22H21IN2O5/c1-14(26)25-19-11-7-6-10-16(19)17(20(25)23)12-18(21(27)29-2)24-22(28)30-13-15-8-4-3-5-9-15/h3-11,18H,12-13H2,1-2H3,(H,24,28)/t18-/m0/s1. The maximum atomic E-state index is 12.3. The zero-order valence-electron chi connectivity index (χ0n) is 16.6. The SMILES string of the molecule is COC(=O)[C@H](Cc1c(I)n(C(C)=O)c2ccccc12)NC(=O)OCc1ccccc1. The molecule has 0 bridgehead atoms. The first-order valence-electron chi connectivity index (χ1n) is 9.26. The molecule has 3 rings (SSSR count). The average Bonchev–Trinajstić information content (AvgIpc) is 3.03. The van der Waals surface area contributed by atoms with Crippen molar-refractivity contribution in [3.8, 4) is 0 Å². The molecule has 0 fully saturated rings. The topological polar surface area (TPSA) is 86.6 Å². The van der Waals surface area contributed by atoms with Gasteiger partial charge in [-0.15, -0.1) is 0 Å². The molecule has 0 spiro atoms. The van der Waals surface area contributed by atoms with Crippen molar-refractivity contribution in [2.24, 2.45) is 0 Å². The number of amides is 1. The Balaban J connectivity index is 1.82. The molecule has 0 unspecified atom stereocenters. The van der Waals surface area contributed by atoms with Gasteiger partial charge in [0.15, 0.2) is 0 Å². The number of carbonyl (C=O) groups is 3. The molecule has 30 heavy (non-hydrogen) atoms. The van der Waals surface area contributed by atoms with Crippen molar-refractivity contribution in [2.75, 3.05) is 7.11 Å². The Bertz CT molecular complexity index is 1080. The van der Waals surface area contributed by atoms with Crippen molar-refractivity contribution in [3.05, 3.63) is 69.4 Å². The third-order valence-corrected chi connectivity index (χ3v) is 5.76. The van der Waals surface area contributed by atoms with Crippen LogP contribution < -0.4 is 5.32 Å². The molecule has 0 saturated carbocycles. The number of rotatable bonds is 6. The van der Waals surface area contributed by atoms with Crippen molar-refractivity contribution in [1.82, 2.24) is 9.88 Å². The molecule has 1 atom stereocenters. The summed E-state index contributed by atoms with van der Waals surface area (Å²) < 4.78 is 12.4. The zero-order valence-corrected chi connectivity index (χ0v) is 18.7. The second kappa shape index (κ2) is 9.75. The van der Waals surface area contributed by atoms with E-state index in [4.69, 9.17) is 9.47 Å². The minimum atomic E-state index is -0.960. The van der Waals surface area contributed by atoms with Crippen LogP contribution in [0.25, 0.3) is 10.9 Å². The second-order valence-corrected chi connectivity index (χ2v) is 7.65. The summed E-state index contributed by atoms with van der Waals surface area (Å²) in [5.41, 5.74) is 2.36. The van der Waals surface area contributed by atoms with E-state index in [0.717, 1.165) is 22.0 Å². The molecule has 8 heteroatoms. The molecule has 1 aromatic heterocycles. The van der Waals surface area contributed by atoms with Crippen LogP contribution in [0, 0.1) is 3.70 Å². The van der Waals surface area contributed by atoms with Crippen molar-refractivity contribution >= 4 is 51.5 Å². The Kier molecular flexibility index (Phi) is 7.09. The molecule has 0 aliphatic heterocycles. The van der Waals surface area contributed by atoms with E-state index in [2.05, 4.69) is 27.9 Å². The van der Waals surface area contributed by atoms with Crippen molar-refractivity contribution in [1.29, 1.82) is 0 Å². The fourth-order valence-corrected chi connectivity index (χ4v) is 4.33. The number of fused-ring (bicyclic) bond motifs is 1. The van der Waals surface area contributed by atoms with E-state index in [0.29, 0.717) is 3.70 Å². The number of nitrogens with zero attached hydrogens (tertiary/aromatic N) is 1. The summed E-state index contributed by atoms with van der Waals surface area (Å²) in [6, 6.07) is 15.7. The number of methoxy groups -OCH3 is 1. The van der Waals surface area contributed by atoms with E-state index in [9.17, 15) is 14.4 Å². The average molecular weight is 520 g/mol. The molecule has 2 aromatic carbocycles. The van der Waals surface area contributed by atoms with Crippen molar-refractivity contribution in [3.63, 3.8) is 0 Å². The van der Waals surface area contributed by atoms with Gasteiger partial charge in [0.05, 0.1) is 16.3 Å². The van der Waals surface area contributed by atoms with Crippen LogP contribution in [0.2, 0.25) is 0 Å². The molecule has 0 radical (unpaired) electrons. The first-order chi connectivity index (χ1) is 14.4. The number of hydrogen-bond donors (Lipinski definition) is 1. The lowest BCUT2D eigenvalue weighted by Gasteiger charge is -2.17. The van der Waals surface area contributed by atoms with Crippen LogP contribution >= 0.6 is 22.6 Å². The number of benzene rings is 2. The molecule has 1 N–H and O–H groups in total. The zero-order chi connectivity index (χ0) is 21.7. The highest BCUT2D eigenvalue weighted by Gasteiger charge is 2.27. The number of alkyl carbamates (subject to hydrolysis) is 1. The van der Waals surface area contributed by atoms with Crippen LogP contribution in [0.3, 0.4) is 0 Å². The molecule has 0 saturated heterocycles. The van der Waals surface area contributed by atoms with Gasteiger partial charge < -0.3 is 14.8 Å². The van der Waals surface area contributed by atoms with E-state index in [1.807, 2.05) is 54.6 Å². The molecule has 1 amide bonds. The highest BCUT2D eigenvalue weighted by atomic mass is 127. The number of esters is 1. The molecule has 3 aromatic rings. The number of nitrogens with one attached hydrogen (secondary N) is 1. The summed E-state index contributed by atoms with van der Waals surface area (Å²) in [6.45, 7) is 1.57. The molecular weight excluding hydrogens is 499 g/mol. The summed E-state index contributed by atoms with van der Waals surface area (Å²) in [5, 5.41) is 3.42. The summed E-state index contributed by atoms with van der Waals surface area (Å²) in [4.78, 5) is 36.8. The third-order valence-electron chi connectivity index (χ3n) is 4.63. The van der Waals surface area contributed by atoms with Gasteiger partial charge in [-0.2, -0.15) is 0 Å². The highest BCUT2D eigenvalue weighted by Crippen LogP contribution is 2.29. The Morgan fingerprint density at radius 1 is 1.07 bits per heavy atom. The van der Waals surface area contributed by atoms with Crippen molar-refractivity contribution < 1.29 is 23.9 Å². The van der Waals surface area contributed by atoms with E-state index >= 15 is 0 Å². The lowest BCUT2D eigenvalue weighted by Crippen LogP contribution is -2.43. The Morgan fingerprint density at radius 3 is 2.40 bits per heavy atom. The van der Waals surface area contributed by atoms with Gasteiger partial charge in [0.1, 0.15) is 12.6 Å². The van der Waals surface area contributed by atoms with Crippen LogP contribution in [-0.2, 0) is 27.3 Å². The van der Waals surface area contributed by atoms with Crippen LogP contribution in [0.1, 0.15) is 22.8 Å². The predicted molar refractivity (Wildman–Crippen MR) is 120 cm³/mol. The molecule has 0 aliphatic carbocycles. The Morgan fingerprint density at radius 2 is 1.73 bits per heavy atom. The number of hydrogen-bond acceptors (Lipinski definition) is 5. The largest absolute Gasteiger partial charge is 0.467 e. The Labute approximate surface area is 187 Å². The van der Waals surface area contributed by atoms with Gasteiger partial charge in [0, 0.05) is 18.7 Å². The van der Waals surface area contributed by atoms with E-state index in [1.165, 1.54) is 14.0 Å². The second-order valence-electron chi connectivity index (χ2n) is 6.63. The number of para-hydroxylation sites is 1. The molecule has 0 aliphatic rings. The molecular formula is C22H21IN2O5. The van der Waals surface area contributed by atoms with Crippen molar-refractivity contribution in [2.45, 2.75) is 26.0 Å². The molecule has 156 valence electrons. The number of ether oxygens (including phenoxy) is 2. The predicted octanol–water partition coefficient (Wildman–Crippen LogP) is 3.92. The van der Waals surface area contributed by atoms with Gasteiger partial charge in [0.25, 0.3) is 0 Å². The molecule has 1 heterocycles. The highest BCUT2D eigenvalue weighted by molar-refractivity contribution is 14.1. The summed E-state index contributed by atoms with van der Waals surface area (Å²) >= 11 is 2.08. The maximum Gasteiger partial charge on any atom is 0.408 e. The fraction of sp³-hybridized carbons (Fsp3) is 0.227. The summed E-state index contributed by atoms with van der Waals surface area (Å²) in [5.74, 6) is -0.728.